The molecule has 10 heteroatoms. The lowest BCUT2D eigenvalue weighted by molar-refractivity contribution is -0.121. The maximum absolute atomic E-state index is 14.1. The Bertz CT molecular complexity index is 1070. The Hall–Kier alpha value is -3.37. The number of fused-ring (bicyclic) bond motifs is 1. The predicted molar refractivity (Wildman–Crippen MR) is 103 cm³/mol. The van der Waals surface area contributed by atoms with E-state index < -0.39 is 24.0 Å². The summed E-state index contributed by atoms with van der Waals surface area (Å²) in [5.41, 5.74) is 0.729. The molecule has 30 heavy (non-hydrogen) atoms. The van der Waals surface area contributed by atoms with Crippen LogP contribution in [0.4, 0.5) is 14.5 Å². The zero-order valence-corrected chi connectivity index (χ0v) is 16.0. The quantitative estimate of drug-likeness (QED) is 0.548. The van der Waals surface area contributed by atoms with Gasteiger partial charge in [0, 0.05) is 13.5 Å². The van der Waals surface area contributed by atoms with Crippen molar-refractivity contribution in [2.45, 2.75) is 18.7 Å². The molecule has 1 aromatic heterocycles. The van der Waals surface area contributed by atoms with Gasteiger partial charge in [0.15, 0.2) is 17.9 Å². The highest BCUT2D eigenvalue weighted by atomic mass is 19.1. The Morgan fingerprint density at radius 3 is 2.90 bits per heavy atom. The van der Waals surface area contributed by atoms with Gasteiger partial charge in [-0.05, 0) is 29.8 Å². The van der Waals surface area contributed by atoms with Crippen molar-refractivity contribution >= 4 is 11.6 Å². The molecule has 4 rings (SSSR count). The lowest BCUT2D eigenvalue weighted by Crippen LogP contribution is -2.48. The first-order valence-corrected chi connectivity index (χ1v) is 9.21. The highest BCUT2D eigenvalue weighted by Crippen LogP contribution is 2.33. The normalized spacial score (nSPS) is 17.3. The molecule has 2 atom stereocenters. The van der Waals surface area contributed by atoms with E-state index in [0.29, 0.717) is 17.8 Å². The molecule has 0 saturated carbocycles. The van der Waals surface area contributed by atoms with E-state index in [1.807, 2.05) is 0 Å². The summed E-state index contributed by atoms with van der Waals surface area (Å²) in [5, 5.41) is 21.0. The fourth-order valence-corrected chi connectivity index (χ4v) is 3.27. The largest absolute Gasteiger partial charge is 0.489 e. The molecular weight excluding hydrogens is 396 g/mol. The summed E-state index contributed by atoms with van der Waals surface area (Å²) < 4.78 is 33.0. The van der Waals surface area contributed by atoms with Crippen molar-refractivity contribution < 1.29 is 23.4 Å². The second-order valence-electron chi connectivity index (χ2n) is 6.88. The number of carbonyl (C=O) groups excluding carboxylic acids is 1. The molecule has 2 aromatic carbocycles. The van der Waals surface area contributed by atoms with Gasteiger partial charge in [-0.1, -0.05) is 18.2 Å². The number of aromatic nitrogens is 3. The van der Waals surface area contributed by atoms with Crippen molar-refractivity contribution in [3.05, 3.63) is 71.3 Å². The Labute approximate surface area is 170 Å². The SMILES string of the molecule is CN1C(=O)[C@@H](NC(O)c2nnc(Cc3cccc(F)c3)[nH]2)COc2cccc(F)c21. The molecule has 8 nitrogen and oxygen atoms in total. The number of H-pyrrole nitrogens is 1. The van der Waals surface area contributed by atoms with E-state index in [1.165, 1.54) is 31.3 Å². The topological polar surface area (TPSA) is 103 Å². The number of halogens is 2. The van der Waals surface area contributed by atoms with Crippen LogP contribution >= 0.6 is 0 Å². The van der Waals surface area contributed by atoms with Gasteiger partial charge >= 0.3 is 0 Å². The molecule has 0 radical (unpaired) electrons. The van der Waals surface area contributed by atoms with Crippen molar-refractivity contribution in [3.63, 3.8) is 0 Å². The number of hydrogen-bond acceptors (Lipinski definition) is 6. The maximum Gasteiger partial charge on any atom is 0.247 e. The van der Waals surface area contributed by atoms with Crippen molar-refractivity contribution in [3.8, 4) is 5.75 Å². The molecule has 3 aromatic rings. The van der Waals surface area contributed by atoms with Gasteiger partial charge in [-0.3, -0.25) is 10.1 Å². The number of aliphatic hydroxyl groups excluding tert-OH is 1. The molecule has 0 spiro atoms. The molecule has 0 fully saturated rings. The number of ether oxygens (including phenoxy) is 1. The minimum absolute atomic E-state index is 0.0401. The highest BCUT2D eigenvalue weighted by molar-refractivity contribution is 5.98. The van der Waals surface area contributed by atoms with E-state index in [4.69, 9.17) is 4.74 Å². The number of hydrogen-bond donors (Lipinski definition) is 3. The second kappa shape index (κ2) is 8.17. The summed E-state index contributed by atoms with van der Waals surface area (Å²) in [6.45, 7) is -0.110. The van der Waals surface area contributed by atoms with E-state index in [1.54, 1.807) is 18.2 Å². The summed E-state index contributed by atoms with van der Waals surface area (Å²) >= 11 is 0. The van der Waals surface area contributed by atoms with E-state index >= 15 is 0 Å². The van der Waals surface area contributed by atoms with Gasteiger partial charge < -0.3 is 19.7 Å². The van der Waals surface area contributed by atoms with Crippen LogP contribution in [0.25, 0.3) is 0 Å². The van der Waals surface area contributed by atoms with Crippen LogP contribution < -0.4 is 15.0 Å². The average molecular weight is 415 g/mol. The van der Waals surface area contributed by atoms with Crippen LogP contribution in [0.2, 0.25) is 0 Å². The predicted octanol–water partition coefficient (Wildman–Crippen LogP) is 1.68. The lowest BCUT2D eigenvalue weighted by Gasteiger charge is -2.22. The molecule has 1 unspecified atom stereocenters. The maximum atomic E-state index is 14.1. The van der Waals surface area contributed by atoms with Crippen molar-refractivity contribution in [1.82, 2.24) is 20.5 Å². The number of carbonyl (C=O) groups is 1. The van der Waals surface area contributed by atoms with E-state index in [0.717, 1.165) is 4.90 Å². The molecule has 0 aliphatic carbocycles. The molecule has 156 valence electrons. The number of nitrogens with zero attached hydrogens (tertiary/aromatic N) is 3. The third-order valence-corrected chi connectivity index (χ3v) is 4.75. The number of aliphatic hydroxyl groups is 1. The number of para-hydroxylation sites is 1. The van der Waals surface area contributed by atoms with Gasteiger partial charge in [-0.25, -0.2) is 8.78 Å². The van der Waals surface area contributed by atoms with Crippen molar-refractivity contribution in [2.24, 2.45) is 0 Å². The number of likely N-dealkylation sites (N-methyl/N-ethyl adjacent to an activating group) is 1. The van der Waals surface area contributed by atoms with Crippen LogP contribution in [0.1, 0.15) is 23.4 Å². The monoisotopic (exact) mass is 415 g/mol. The third kappa shape index (κ3) is 4.00. The van der Waals surface area contributed by atoms with E-state index in [-0.39, 0.29) is 29.7 Å². The van der Waals surface area contributed by atoms with Gasteiger partial charge in [0.05, 0.1) is 0 Å². The molecular formula is C20H19F2N5O3. The van der Waals surface area contributed by atoms with E-state index in [9.17, 15) is 18.7 Å². The Morgan fingerprint density at radius 1 is 1.30 bits per heavy atom. The minimum Gasteiger partial charge on any atom is -0.489 e. The van der Waals surface area contributed by atoms with Gasteiger partial charge in [0.2, 0.25) is 5.91 Å². The number of aromatic amines is 1. The zero-order chi connectivity index (χ0) is 21.3. The van der Waals surface area contributed by atoms with Gasteiger partial charge in [0.1, 0.15) is 35.7 Å². The second-order valence-corrected chi connectivity index (χ2v) is 6.88. The number of anilines is 1. The number of benzene rings is 2. The average Bonchev–Trinajstić information content (AvgIpc) is 3.14. The molecule has 3 N–H and O–H groups in total. The molecule has 1 aliphatic heterocycles. The van der Waals surface area contributed by atoms with Crippen LogP contribution in [0, 0.1) is 11.6 Å². The highest BCUT2D eigenvalue weighted by Gasteiger charge is 2.33. The number of rotatable bonds is 5. The number of amides is 1. The van der Waals surface area contributed by atoms with Gasteiger partial charge in [-0.15, -0.1) is 10.2 Å². The summed E-state index contributed by atoms with van der Waals surface area (Å²) in [6.07, 6.45) is -1.06. The van der Waals surface area contributed by atoms with Gasteiger partial charge in [0.25, 0.3) is 0 Å². The summed E-state index contributed by atoms with van der Waals surface area (Å²) in [6, 6.07) is 9.40. The Balaban J connectivity index is 1.45. The van der Waals surface area contributed by atoms with Crippen LogP contribution in [0.5, 0.6) is 5.75 Å². The molecule has 0 bridgehead atoms. The first-order valence-electron chi connectivity index (χ1n) is 9.21. The fraction of sp³-hybridized carbons (Fsp3) is 0.250. The standard InChI is InChI=1S/C20H19F2N5O3/c1-27-17-13(22)6-3-7-15(17)30-10-14(20(27)29)23-19(28)18-24-16(25-26-18)9-11-4-2-5-12(21)8-11/h2-8,14,19,23,28H,9-10H2,1H3,(H,24,25,26)/t14-,19?/m0/s1. The minimum atomic E-state index is -1.35. The van der Waals surface area contributed by atoms with Crippen LogP contribution in [-0.2, 0) is 11.2 Å². The summed E-state index contributed by atoms with van der Waals surface area (Å²) in [4.78, 5) is 16.7. The zero-order valence-electron chi connectivity index (χ0n) is 16.0. The molecule has 1 amide bonds. The van der Waals surface area contributed by atoms with Crippen molar-refractivity contribution in [1.29, 1.82) is 0 Å². The molecule has 2 heterocycles. The third-order valence-electron chi connectivity index (χ3n) is 4.75. The van der Waals surface area contributed by atoms with Crippen LogP contribution in [-0.4, -0.2) is 45.9 Å². The summed E-state index contributed by atoms with van der Waals surface area (Å²) in [7, 11) is 1.44. The molecule has 0 saturated heterocycles. The summed E-state index contributed by atoms with van der Waals surface area (Å²) in [5.74, 6) is -0.667. The smallest absolute Gasteiger partial charge is 0.247 e. The fourth-order valence-electron chi connectivity index (χ4n) is 3.27. The van der Waals surface area contributed by atoms with Crippen LogP contribution in [0.3, 0.4) is 0 Å². The first kappa shape index (κ1) is 19.9. The lowest BCUT2D eigenvalue weighted by atomic mass is 10.1. The Kier molecular flexibility index (Phi) is 5.42. The van der Waals surface area contributed by atoms with E-state index in [2.05, 4.69) is 20.5 Å². The number of nitrogens with one attached hydrogen (secondary N) is 2. The van der Waals surface area contributed by atoms with Crippen LogP contribution in [0.15, 0.2) is 42.5 Å². The Morgan fingerprint density at radius 2 is 2.10 bits per heavy atom. The van der Waals surface area contributed by atoms with Crippen molar-refractivity contribution in [2.75, 3.05) is 18.6 Å². The first-order chi connectivity index (χ1) is 14.4. The molecule has 1 aliphatic rings. The van der Waals surface area contributed by atoms with Gasteiger partial charge in [-0.2, -0.15) is 0 Å².